The molecule has 1 saturated carbocycles. The van der Waals surface area contributed by atoms with Crippen LogP contribution in [0.4, 0.5) is 4.39 Å². The zero-order valence-electron chi connectivity index (χ0n) is 7.65. The zero-order valence-corrected chi connectivity index (χ0v) is 7.65. The predicted molar refractivity (Wildman–Crippen MR) is 47.0 cm³/mol. The second kappa shape index (κ2) is 2.96. The summed E-state index contributed by atoms with van der Waals surface area (Å²) in [4.78, 5) is 2.30. The minimum absolute atomic E-state index is 0.101. The van der Waals surface area contributed by atoms with E-state index in [9.17, 15) is 4.39 Å². The summed E-state index contributed by atoms with van der Waals surface area (Å²) in [6.45, 7) is 2.05. The summed E-state index contributed by atoms with van der Waals surface area (Å²) in [5.41, 5.74) is -0.101. The molecule has 3 heteroatoms. The van der Waals surface area contributed by atoms with Gasteiger partial charge in [-0.1, -0.05) is 0 Å². The average Bonchev–Trinajstić information content (AvgIpc) is 2.71. The predicted octanol–water partition coefficient (Wildman–Crippen LogP) is 0.782. The third-order valence-electron chi connectivity index (χ3n) is 3.01. The molecule has 1 aliphatic heterocycles. The van der Waals surface area contributed by atoms with Gasteiger partial charge in [-0.2, -0.15) is 0 Å². The van der Waals surface area contributed by atoms with E-state index in [0.717, 1.165) is 25.9 Å². The van der Waals surface area contributed by atoms with Crippen molar-refractivity contribution >= 4 is 0 Å². The minimum Gasteiger partial charge on any atom is -0.305 e. The Morgan fingerprint density at radius 1 is 1.58 bits per heavy atom. The summed E-state index contributed by atoms with van der Waals surface area (Å²) >= 11 is 0. The molecule has 1 N–H and O–H groups in total. The highest BCUT2D eigenvalue weighted by Gasteiger charge is 2.44. The van der Waals surface area contributed by atoms with Gasteiger partial charge in [0.25, 0.3) is 0 Å². The average molecular weight is 172 g/mol. The second-order valence-corrected chi connectivity index (χ2v) is 4.31. The molecule has 1 heterocycles. The monoisotopic (exact) mass is 172 g/mol. The van der Waals surface area contributed by atoms with Gasteiger partial charge in [0.1, 0.15) is 6.67 Å². The Bertz CT molecular complexity index is 168. The minimum atomic E-state index is -0.187. The van der Waals surface area contributed by atoms with Crippen molar-refractivity contribution in [2.24, 2.45) is 0 Å². The Balaban J connectivity index is 1.80. The first kappa shape index (κ1) is 8.45. The normalized spacial score (nSPS) is 34.0. The lowest BCUT2D eigenvalue weighted by Crippen LogP contribution is -2.42. The second-order valence-electron chi connectivity index (χ2n) is 4.31. The number of nitrogens with one attached hydrogen (secondary N) is 1. The molecule has 0 aromatic rings. The maximum absolute atomic E-state index is 12.5. The van der Waals surface area contributed by atoms with Crippen LogP contribution in [0.1, 0.15) is 19.3 Å². The lowest BCUT2D eigenvalue weighted by molar-refractivity contribution is 0.318. The van der Waals surface area contributed by atoms with Crippen molar-refractivity contribution in [2.45, 2.75) is 30.8 Å². The molecule has 0 radical (unpaired) electrons. The van der Waals surface area contributed by atoms with E-state index >= 15 is 0 Å². The van der Waals surface area contributed by atoms with Crippen LogP contribution in [0, 0.1) is 0 Å². The van der Waals surface area contributed by atoms with E-state index in [4.69, 9.17) is 0 Å². The topological polar surface area (TPSA) is 15.3 Å². The lowest BCUT2D eigenvalue weighted by Gasteiger charge is -2.19. The van der Waals surface area contributed by atoms with E-state index in [0.29, 0.717) is 6.04 Å². The number of hydrogen-bond donors (Lipinski definition) is 1. The number of hydrogen-bond acceptors (Lipinski definition) is 2. The zero-order chi connectivity index (χ0) is 8.60. The third-order valence-corrected chi connectivity index (χ3v) is 3.01. The summed E-state index contributed by atoms with van der Waals surface area (Å²) in [7, 11) is 2.12. The molecule has 12 heavy (non-hydrogen) atoms. The highest BCUT2D eigenvalue weighted by Crippen LogP contribution is 2.36. The molecule has 0 unspecified atom stereocenters. The molecular formula is C9H17FN2. The summed E-state index contributed by atoms with van der Waals surface area (Å²) in [5.74, 6) is 0. The van der Waals surface area contributed by atoms with Gasteiger partial charge in [0.05, 0.1) is 0 Å². The van der Waals surface area contributed by atoms with Crippen LogP contribution < -0.4 is 5.32 Å². The number of likely N-dealkylation sites (N-methyl/N-ethyl adjacent to an activating group) is 1. The first-order valence-corrected chi connectivity index (χ1v) is 4.76. The van der Waals surface area contributed by atoms with Gasteiger partial charge < -0.3 is 10.2 Å². The van der Waals surface area contributed by atoms with Crippen molar-refractivity contribution < 1.29 is 4.39 Å². The number of alkyl halides is 1. The summed E-state index contributed by atoms with van der Waals surface area (Å²) in [5, 5.41) is 3.43. The molecule has 2 fully saturated rings. The first-order valence-electron chi connectivity index (χ1n) is 4.76. The number of likely N-dealkylation sites (tertiary alicyclic amines) is 1. The first-order chi connectivity index (χ1) is 5.74. The molecule has 2 aliphatic rings. The highest BCUT2D eigenvalue weighted by molar-refractivity contribution is 5.04. The molecule has 1 aliphatic carbocycles. The molecule has 1 saturated heterocycles. The Hall–Kier alpha value is -0.150. The summed E-state index contributed by atoms with van der Waals surface area (Å²) in [6.07, 6.45) is 3.24. The van der Waals surface area contributed by atoms with Crippen LogP contribution in [0.3, 0.4) is 0 Å². The van der Waals surface area contributed by atoms with Crippen LogP contribution in [0.2, 0.25) is 0 Å². The molecule has 0 aromatic heterocycles. The van der Waals surface area contributed by atoms with E-state index in [2.05, 4.69) is 17.3 Å². The van der Waals surface area contributed by atoms with Crippen LogP contribution >= 0.6 is 0 Å². The Morgan fingerprint density at radius 2 is 2.33 bits per heavy atom. The van der Waals surface area contributed by atoms with Crippen LogP contribution in [-0.4, -0.2) is 43.3 Å². The molecule has 70 valence electrons. The van der Waals surface area contributed by atoms with Gasteiger partial charge in [-0.05, 0) is 32.9 Å². The van der Waals surface area contributed by atoms with Crippen molar-refractivity contribution in [1.29, 1.82) is 0 Å². The fraction of sp³-hybridized carbons (Fsp3) is 1.00. The molecule has 0 aromatic carbocycles. The Morgan fingerprint density at radius 3 is 2.75 bits per heavy atom. The molecular weight excluding hydrogens is 155 g/mol. The third kappa shape index (κ3) is 1.62. The van der Waals surface area contributed by atoms with Gasteiger partial charge in [0, 0.05) is 18.1 Å². The number of rotatable bonds is 3. The maximum atomic E-state index is 12.5. The van der Waals surface area contributed by atoms with Crippen LogP contribution in [0.5, 0.6) is 0 Å². The van der Waals surface area contributed by atoms with E-state index in [-0.39, 0.29) is 12.2 Å². The quantitative estimate of drug-likeness (QED) is 0.677. The van der Waals surface area contributed by atoms with E-state index in [1.807, 2.05) is 0 Å². The largest absolute Gasteiger partial charge is 0.305 e. The van der Waals surface area contributed by atoms with E-state index < -0.39 is 0 Å². The van der Waals surface area contributed by atoms with Crippen LogP contribution in [-0.2, 0) is 0 Å². The molecule has 0 bridgehead atoms. The van der Waals surface area contributed by atoms with Gasteiger partial charge in [0.2, 0.25) is 0 Å². The van der Waals surface area contributed by atoms with Gasteiger partial charge in [-0.25, -0.2) is 4.39 Å². The fourth-order valence-electron chi connectivity index (χ4n) is 1.95. The number of halogens is 1. The van der Waals surface area contributed by atoms with Gasteiger partial charge >= 0.3 is 0 Å². The van der Waals surface area contributed by atoms with Crippen molar-refractivity contribution in [3.8, 4) is 0 Å². The van der Waals surface area contributed by atoms with Gasteiger partial charge in [-0.15, -0.1) is 0 Å². The molecule has 2 nitrogen and oxygen atoms in total. The molecule has 2 rings (SSSR count). The van der Waals surface area contributed by atoms with Crippen molar-refractivity contribution in [2.75, 3.05) is 26.8 Å². The van der Waals surface area contributed by atoms with Crippen LogP contribution in [0.15, 0.2) is 0 Å². The molecule has 1 atom stereocenters. The van der Waals surface area contributed by atoms with Gasteiger partial charge in [0.15, 0.2) is 0 Å². The van der Waals surface area contributed by atoms with Gasteiger partial charge in [-0.3, -0.25) is 0 Å². The van der Waals surface area contributed by atoms with Crippen molar-refractivity contribution in [3.05, 3.63) is 0 Å². The number of nitrogens with zero attached hydrogens (tertiary/aromatic N) is 1. The lowest BCUT2D eigenvalue weighted by atomic mass is 10.2. The Kier molecular flexibility index (Phi) is 2.09. The van der Waals surface area contributed by atoms with E-state index in [1.54, 1.807) is 0 Å². The SMILES string of the molecule is CN1CC[C@H](NC2(CF)CC2)C1. The highest BCUT2D eigenvalue weighted by atomic mass is 19.1. The fourth-order valence-corrected chi connectivity index (χ4v) is 1.95. The summed E-state index contributed by atoms with van der Waals surface area (Å²) < 4.78 is 12.5. The standard InChI is InChI=1S/C9H17FN2/c1-12-5-2-8(6-12)11-9(7-10)3-4-9/h8,11H,2-7H2,1H3/t8-/m0/s1. The summed E-state index contributed by atoms with van der Waals surface area (Å²) in [6, 6.07) is 0.535. The maximum Gasteiger partial charge on any atom is 0.108 e. The van der Waals surface area contributed by atoms with E-state index in [1.165, 1.54) is 6.42 Å². The smallest absolute Gasteiger partial charge is 0.108 e. The van der Waals surface area contributed by atoms with Crippen LogP contribution in [0.25, 0.3) is 0 Å². The molecule has 0 spiro atoms. The molecule has 0 amide bonds. The Labute approximate surface area is 73.1 Å². The van der Waals surface area contributed by atoms with Crippen molar-refractivity contribution in [1.82, 2.24) is 10.2 Å². The van der Waals surface area contributed by atoms with Crippen molar-refractivity contribution in [3.63, 3.8) is 0 Å².